The monoisotopic (exact) mass is 358 g/mol. The summed E-state index contributed by atoms with van der Waals surface area (Å²) in [4.78, 5) is 15.9. The second-order valence-electron chi connectivity index (χ2n) is 5.58. The maximum absolute atomic E-state index is 13.3. The van der Waals surface area contributed by atoms with Crippen molar-refractivity contribution in [1.82, 2.24) is 19.9 Å². The average molecular weight is 358 g/mol. The smallest absolute Gasteiger partial charge is 0.254 e. The molecule has 5 N–H and O–H groups in total. The third kappa shape index (κ3) is 3.24. The number of amides is 1. The van der Waals surface area contributed by atoms with E-state index in [0.29, 0.717) is 22.6 Å². The molecule has 2 aromatic heterocycles. The number of rotatable bonds is 6. The molecule has 0 aliphatic heterocycles. The molecule has 2 heterocycles. The van der Waals surface area contributed by atoms with Gasteiger partial charge in [-0.05, 0) is 23.8 Å². The van der Waals surface area contributed by atoms with Crippen LogP contribution in [0.4, 0.5) is 8.78 Å². The topological polar surface area (TPSA) is 111 Å². The Balaban J connectivity index is 1.88. The van der Waals surface area contributed by atoms with Crippen LogP contribution in [0.25, 0.3) is 11.3 Å². The Morgan fingerprint density at radius 1 is 1.27 bits per heavy atom. The van der Waals surface area contributed by atoms with Crippen LogP contribution in [-0.2, 0) is 13.1 Å². The third-order valence-electron chi connectivity index (χ3n) is 3.82. The van der Waals surface area contributed by atoms with Crippen molar-refractivity contribution in [1.29, 1.82) is 0 Å². The number of nitrogens with two attached hydrogens (primary N) is 2. The minimum atomic E-state index is -0.926. The zero-order valence-electron chi connectivity index (χ0n) is 13.7. The predicted molar refractivity (Wildman–Crippen MR) is 91.6 cm³/mol. The van der Waals surface area contributed by atoms with Crippen LogP contribution in [0.15, 0.2) is 37.0 Å². The molecule has 0 aliphatic rings. The van der Waals surface area contributed by atoms with Crippen LogP contribution in [-0.4, -0.2) is 20.5 Å². The molecule has 1 aromatic carbocycles. The van der Waals surface area contributed by atoms with E-state index in [1.165, 1.54) is 16.8 Å². The van der Waals surface area contributed by atoms with Crippen LogP contribution in [0, 0.1) is 11.6 Å². The normalized spacial score (nSPS) is 10.9. The SMILES string of the molecule is C=C(NCc1ccc(F)c(F)c1)c1cc(CN)n2ncc(C(N)=O)c2n1. The molecule has 134 valence electrons. The number of nitrogens with zero attached hydrogens (tertiary/aromatic N) is 3. The summed E-state index contributed by atoms with van der Waals surface area (Å²) in [5.41, 5.74) is 13.5. The van der Waals surface area contributed by atoms with Gasteiger partial charge < -0.3 is 16.8 Å². The zero-order valence-corrected chi connectivity index (χ0v) is 13.7. The lowest BCUT2D eigenvalue weighted by Gasteiger charge is -2.12. The molecule has 0 spiro atoms. The Morgan fingerprint density at radius 3 is 2.69 bits per heavy atom. The number of carbonyl (C=O) groups excluding carboxylic acids is 1. The predicted octanol–water partition coefficient (Wildman–Crippen LogP) is 1.33. The van der Waals surface area contributed by atoms with Crippen LogP contribution in [0.5, 0.6) is 0 Å². The molecule has 0 bridgehead atoms. The molecule has 0 aliphatic carbocycles. The molecule has 9 heteroatoms. The average Bonchev–Trinajstić information content (AvgIpc) is 3.05. The van der Waals surface area contributed by atoms with Gasteiger partial charge in [-0.25, -0.2) is 18.3 Å². The number of aromatic nitrogens is 3. The van der Waals surface area contributed by atoms with Gasteiger partial charge in [0.2, 0.25) is 0 Å². The van der Waals surface area contributed by atoms with Gasteiger partial charge in [0.1, 0.15) is 5.56 Å². The Morgan fingerprint density at radius 2 is 2.04 bits per heavy atom. The lowest BCUT2D eigenvalue weighted by molar-refractivity contribution is 0.100. The highest BCUT2D eigenvalue weighted by atomic mass is 19.2. The summed E-state index contributed by atoms with van der Waals surface area (Å²) in [6, 6.07) is 5.28. The fourth-order valence-electron chi connectivity index (χ4n) is 2.45. The van der Waals surface area contributed by atoms with Crippen molar-refractivity contribution in [3.05, 3.63) is 71.2 Å². The molecule has 0 saturated carbocycles. The molecular weight excluding hydrogens is 342 g/mol. The summed E-state index contributed by atoms with van der Waals surface area (Å²) in [6.45, 7) is 4.26. The molecule has 0 saturated heterocycles. The van der Waals surface area contributed by atoms with Gasteiger partial charge in [-0.3, -0.25) is 4.79 Å². The van der Waals surface area contributed by atoms with Gasteiger partial charge in [0.25, 0.3) is 5.91 Å². The zero-order chi connectivity index (χ0) is 18.8. The first-order chi connectivity index (χ1) is 12.4. The number of benzene rings is 1. The van der Waals surface area contributed by atoms with E-state index in [2.05, 4.69) is 22.0 Å². The Hall–Kier alpha value is -3.33. The molecule has 1 amide bonds. The van der Waals surface area contributed by atoms with E-state index < -0.39 is 17.5 Å². The lowest BCUT2D eigenvalue weighted by atomic mass is 10.2. The van der Waals surface area contributed by atoms with Gasteiger partial charge in [0, 0.05) is 13.1 Å². The summed E-state index contributed by atoms with van der Waals surface area (Å²) in [7, 11) is 0. The first kappa shape index (κ1) is 17.5. The van der Waals surface area contributed by atoms with E-state index in [-0.39, 0.29) is 24.3 Å². The molecule has 3 rings (SSSR count). The summed E-state index contributed by atoms with van der Waals surface area (Å²) in [6.07, 6.45) is 1.32. The van der Waals surface area contributed by atoms with Crippen LogP contribution in [0.2, 0.25) is 0 Å². The van der Waals surface area contributed by atoms with Crippen LogP contribution >= 0.6 is 0 Å². The van der Waals surface area contributed by atoms with Gasteiger partial charge in [-0.2, -0.15) is 5.10 Å². The fourth-order valence-corrected chi connectivity index (χ4v) is 2.45. The molecular formula is C17H16F2N6O. The summed E-state index contributed by atoms with van der Waals surface area (Å²) >= 11 is 0. The van der Waals surface area contributed by atoms with Crippen molar-refractivity contribution in [2.75, 3.05) is 0 Å². The molecule has 0 radical (unpaired) electrons. The molecule has 7 nitrogen and oxygen atoms in total. The minimum Gasteiger partial charge on any atom is -0.380 e. The van der Waals surface area contributed by atoms with Crippen molar-refractivity contribution in [3.63, 3.8) is 0 Å². The van der Waals surface area contributed by atoms with Gasteiger partial charge in [-0.15, -0.1) is 0 Å². The largest absolute Gasteiger partial charge is 0.380 e. The van der Waals surface area contributed by atoms with E-state index in [4.69, 9.17) is 11.5 Å². The third-order valence-corrected chi connectivity index (χ3v) is 3.82. The van der Waals surface area contributed by atoms with Crippen LogP contribution in [0.1, 0.15) is 27.3 Å². The van der Waals surface area contributed by atoms with Crippen LogP contribution < -0.4 is 16.8 Å². The fraction of sp³-hybridized carbons (Fsp3) is 0.118. The molecule has 0 atom stereocenters. The van der Waals surface area contributed by atoms with Crippen molar-refractivity contribution in [2.45, 2.75) is 13.1 Å². The number of primary amides is 1. The Kier molecular flexibility index (Phi) is 4.63. The van der Waals surface area contributed by atoms with E-state index in [9.17, 15) is 13.6 Å². The number of hydrogen-bond acceptors (Lipinski definition) is 5. The molecule has 0 unspecified atom stereocenters. The van der Waals surface area contributed by atoms with E-state index in [0.717, 1.165) is 12.1 Å². The van der Waals surface area contributed by atoms with E-state index >= 15 is 0 Å². The van der Waals surface area contributed by atoms with Gasteiger partial charge in [-0.1, -0.05) is 12.6 Å². The van der Waals surface area contributed by atoms with Crippen molar-refractivity contribution in [2.24, 2.45) is 11.5 Å². The van der Waals surface area contributed by atoms with Gasteiger partial charge >= 0.3 is 0 Å². The number of carbonyl (C=O) groups is 1. The number of nitrogens with one attached hydrogen (secondary N) is 1. The summed E-state index contributed by atoms with van der Waals surface area (Å²) in [5.74, 6) is -2.50. The minimum absolute atomic E-state index is 0.155. The van der Waals surface area contributed by atoms with E-state index in [1.807, 2.05) is 0 Å². The molecule has 0 fully saturated rings. The quantitative estimate of drug-likeness (QED) is 0.615. The molecule has 26 heavy (non-hydrogen) atoms. The van der Waals surface area contributed by atoms with Crippen molar-refractivity contribution < 1.29 is 13.6 Å². The Labute approximate surface area is 147 Å². The first-order valence-electron chi connectivity index (χ1n) is 7.65. The number of hydrogen-bond donors (Lipinski definition) is 3. The van der Waals surface area contributed by atoms with Gasteiger partial charge in [0.15, 0.2) is 17.3 Å². The maximum Gasteiger partial charge on any atom is 0.254 e. The van der Waals surface area contributed by atoms with Crippen molar-refractivity contribution >= 4 is 17.3 Å². The first-order valence-corrected chi connectivity index (χ1v) is 7.65. The standard InChI is InChI=1S/C17H16F2N6O/c1-9(22-7-10-2-3-13(18)14(19)4-10)15-5-11(6-20)25-17(24-15)12(8-23-25)16(21)26/h2-5,8,22H,1,6-7,20H2,(H2,21,26). The highest BCUT2D eigenvalue weighted by Gasteiger charge is 2.15. The highest BCUT2D eigenvalue weighted by Crippen LogP contribution is 2.16. The lowest BCUT2D eigenvalue weighted by Crippen LogP contribution is -2.16. The Bertz CT molecular complexity index is 1010. The second kappa shape index (κ2) is 6.89. The van der Waals surface area contributed by atoms with E-state index in [1.54, 1.807) is 6.07 Å². The summed E-state index contributed by atoms with van der Waals surface area (Å²) in [5, 5.41) is 7.05. The number of fused-ring (bicyclic) bond motifs is 1. The van der Waals surface area contributed by atoms with Gasteiger partial charge in [0.05, 0.1) is 23.3 Å². The number of halogens is 2. The maximum atomic E-state index is 13.3. The van der Waals surface area contributed by atoms with Crippen molar-refractivity contribution in [3.8, 4) is 0 Å². The summed E-state index contributed by atoms with van der Waals surface area (Å²) < 4.78 is 27.7. The molecule has 3 aromatic rings. The second-order valence-corrected chi connectivity index (χ2v) is 5.58. The highest BCUT2D eigenvalue weighted by molar-refractivity contribution is 5.98. The van der Waals surface area contributed by atoms with Crippen LogP contribution in [0.3, 0.4) is 0 Å².